The Morgan fingerprint density at radius 1 is 1.05 bits per heavy atom. The van der Waals surface area contributed by atoms with E-state index in [0.717, 1.165) is 35.5 Å². The molecular weight excluding hydrogens is 573 g/mol. The summed E-state index contributed by atoms with van der Waals surface area (Å²) < 4.78 is 74.9. The number of benzene rings is 3. The van der Waals surface area contributed by atoms with Crippen LogP contribution < -0.4 is 9.62 Å². The van der Waals surface area contributed by atoms with Crippen LogP contribution in [0, 0.1) is 17.5 Å². The number of amides is 1. The maximum absolute atomic E-state index is 14.4. The number of rotatable bonds is 6. The molecule has 0 atom stereocenters. The van der Waals surface area contributed by atoms with Gasteiger partial charge in [0.2, 0.25) is 10.0 Å². The van der Waals surface area contributed by atoms with E-state index < -0.39 is 37.9 Å². The van der Waals surface area contributed by atoms with Crippen molar-refractivity contribution in [3.63, 3.8) is 0 Å². The minimum Gasteiger partial charge on any atom is -0.455 e. The molecule has 3 aromatic carbocycles. The number of furan rings is 1. The number of anilines is 2. The highest BCUT2D eigenvalue weighted by molar-refractivity contribution is 9.10. The average Bonchev–Trinajstić information content (AvgIpc) is 3.62. The molecule has 6 nitrogen and oxygen atoms in total. The first-order valence-corrected chi connectivity index (χ1v) is 13.9. The van der Waals surface area contributed by atoms with E-state index in [0.29, 0.717) is 16.5 Å². The van der Waals surface area contributed by atoms with Crippen molar-refractivity contribution >= 4 is 54.2 Å². The van der Waals surface area contributed by atoms with E-state index >= 15 is 0 Å². The fraction of sp³-hybridized carbons (Fsp3) is 0.192. The van der Waals surface area contributed by atoms with Crippen molar-refractivity contribution in [1.82, 2.24) is 5.32 Å². The summed E-state index contributed by atoms with van der Waals surface area (Å²) in [6.45, 7) is 0. The molecular formula is C26H20BrF3N2O4S. The van der Waals surface area contributed by atoms with Crippen LogP contribution in [0.25, 0.3) is 22.3 Å². The number of hydrogen-bond acceptors (Lipinski definition) is 4. The molecule has 1 fully saturated rings. The van der Waals surface area contributed by atoms with Gasteiger partial charge in [-0.2, -0.15) is 0 Å². The molecule has 1 saturated carbocycles. The summed E-state index contributed by atoms with van der Waals surface area (Å²) in [7, 11) is -2.61. The number of carbonyl (C=O) groups is 1. The van der Waals surface area contributed by atoms with Crippen LogP contribution in [0.5, 0.6) is 0 Å². The molecule has 0 unspecified atom stereocenters. The molecule has 0 radical (unpaired) electrons. The number of carbonyl (C=O) groups excluding carboxylic acids is 1. The zero-order chi connectivity index (χ0) is 26.6. The molecule has 5 rings (SSSR count). The lowest BCUT2D eigenvalue weighted by Crippen LogP contribution is -2.26. The van der Waals surface area contributed by atoms with Gasteiger partial charge in [-0.15, -0.1) is 0 Å². The largest absolute Gasteiger partial charge is 0.455 e. The van der Waals surface area contributed by atoms with Crippen molar-refractivity contribution < 1.29 is 30.8 Å². The lowest BCUT2D eigenvalue weighted by atomic mass is 10.00. The van der Waals surface area contributed by atoms with Crippen LogP contribution in [0.2, 0.25) is 0 Å². The number of fused-ring (bicyclic) bond motifs is 1. The summed E-state index contributed by atoms with van der Waals surface area (Å²) >= 11 is 2.81. The van der Waals surface area contributed by atoms with Gasteiger partial charge in [0.15, 0.2) is 0 Å². The SMILES string of the molecule is CNC(=O)c1c(-c2ccc(F)cc2)oc2cc(N(c3cc(F)c(Br)c(F)c3)S(C)(=O)=O)c(C3CC3)cc12. The molecule has 0 spiro atoms. The average molecular weight is 593 g/mol. The third-order valence-corrected chi connectivity index (χ3v) is 8.00. The monoisotopic (exact) mass is 592 g/mol. The number of hydrogen-bond donors (Lipinski definition) is 1. The van der Waals surface area contributed by atoms with Crippen LogP contribution in [-0.2, 0) is 10.0 Å². The first kappa shape index (κ1) is 25.3. The topological polar surface area (TPSA) is 79.6 Å². The van der Waals surface area contributed by atoms with Gasteiger partial charge in [-0.3, -0.25) is 4.79 Å². The predicted octanol–water partition coefficient (Wildman–Crippen LogP) is 6.61. The lowest BCUT2D eigenvalue weighted by molar-refractivity contribution is 0.0964. The molecule has 1 aromatic heterocycles. The summed E-state index contributed by atoms with van der Waals surface area (Å²) in [4.78, 5) is 12.9. The Hall–Kier alpha value is -3.31. The number of nitrogens with zero attached hydrogens (tertiary/aromatic N) is 1. The molecule has 1 aliphatic carbocycles. The summed E-state index contributed by atoms with van der Waals surface area (Å²) in [5.41, 5.74) is 1.38. The molecule has 0 aliphatic heterocycles. The van der Waals surface area contributed by atoms with Gasteiger partial charge in [0.25, 0.3) is 5.91 Å². The Bertz CT molecular complexity index is 1640. The maximum atomic E-state index is 14.4. The van der Waals surface area contributed by atoms with Crippen LogP contribution in [0.15, 0.2) is 57.4 Å². The van der Waals surface area contributed by atoms with E-state index in [2.05, 4.69) is 21.2 Å². The Labute approximate surface area is 219 Å². The standard InChI is InChI=1S/C26H20BrF3N2O4S/c1-31-26(33)23-18-11-17(13-3-4-13)21(12-22(18)36-25(23)14-5-7-15(28)8-6-14)32(37(2,34)35)16-9-19(29)24(27)20(30)10-16/h5-13H,3-4H2,1-2H3,(H,31,33). The number of nitrogens with one attached hydrogen (secondary N) is 1. The zero-order valence-electron chi connectivity index (χ0n) is 19.6. The second kappa shape index (κ2) is 9.21. The Kier molecular flexibility index (Phi) is 6.31. The molecule has 0 bridgehead atoms. The zero-order valence-corrected chi connectivity index (χ0v) is 22.0. The molecule has 1 heterocycles. The minimum atomic E-state index is -4.07. The van der Waals surface area contributed by atoms with Crippen LogP contribution in [0.3, 0.4) is 0 Å². The maximum Gasteiger partial charge on any atom is 0.255 e. The summed E-state index contributed by atoms with van der Waals surface area (Å²) in [6, 6.07) is 10.4. The van der Waals surface area contributed by atoms with Gasteiger partial charge in [0.05, 0.1) is 27.7 Å². The molecule has 1 N–H and O–H groups in total. The van der Waals surface area contributed by atoms with Gasteiger partial charge in [0, 0.05) is 24.1 Å². The molecule has 0 saturated heterocycles. The second-order valence-corrected chi connectivity index (χ2v) is 11.4. The smallest absolute Gasteiger partial charge is 0.255 e. The fourth-order valence-electron chi connectivity index (χ4n) is 4.37. The van der Waals surface area contributed by atoms with Gasteiger partial charge >= 0.3 is 0 Å². The van der Waals surface area contributed by atoms with E-state index in [4.69, 9.17) is 4.42 Å². The van der Waals surface area contributed by atoms with Crippen molar-refractivity contribution in [3.8, 4) is 11.3 Å². The highest BCUT2D eigenvalue weighted by Gasteiger charge is 2.34. The van der Waals surface area contributed by atoms with E-state index in [1.165, 1.54) is 37.4 Å². The van der Waals surface area contributed by atoms with E-state index in [1.54, 1.807) is 6.07 Å². The van der Waals surface area contributed by atoms with E-state index in [9.17, 15) is 26.4 Å². The van der Waals surface area contributed by atoms with Crippen molar-refractivity contribution in [2.75, 3.05) is 17.6 Å². The van der Waals surface area contributed by atoms with Crippen LogP contribution in [0.1, 0.15) is 34.7 Å². The van der Waals surface area contributed by atoms with Crippen molar-refractivity contribution in [2.45, 2.75) is 18.8 Å². The Balaban J connectivity index is 1.81. The van der Waals surface area contributed by atoms with Gasteiger partial charge in [-0.05, 0) is 82.7 Å². The normalized spacial score (nSPS) is 13.7. The first-order chi connectivity index (χ1) is 17.5. The predicted molar refractivity (Wildman–Crippen MR) is 138 cm³/mol. The van der Waals surface area contributed by atoms with Crippen LogP contribution >= 0.6 is 15.9 Å². The summed E-state index contributed by atoms with van der Waals surface area (Å²) in [6.07, 6.45) is 2.49. The van der Waals surface area contributed by atoms with Crippen molar-refractivity contribution in [3.05, 3.63) is 81.6 Å². The van der Waals surface area contributed by atoms with Gasteiger partial charge in [-0.1, -0.05) is 0 Å². The van der Waals surface area contributed by atoms with Gasteiger partial charge in [0.1, 0.15) is 28.8 Å². The van der Waals surface area contributed by atoms with Gasteiger partial charge in [-0.25, -0.2) is 25.9 Å². The molecule has 37 heavy (non-hydrogen) atoms. The second-order valence-electron chi connectivity index (χ2n) is 8.82. The summed E-state index contributed by atoms with van der Waals surface area (Å²) in [5.74, 6) is -2.66. The molecule has 4 aromatic rings. The first-order valence-electron chi connectivity index (χ1n) is 11.2. The molecule has 192 valence electrons. The highest BCUT2D eigenvalue weighted by atomic mass is 79.9. The van der Waals surface area contributed by atoms with Crippen molar-refractivity contribution in [2.24, 2.45) is 0 Å². The third-order valence-electron chi connectivity index (χ3n) is 6.17. The molecule has 1 amide bonds. The number of halogens is 4. The van der Waals surface area contributed by atoms with Crippen LogP contribution in [0.4, 0.5) is 24.5 Å². The quantitative estimate of drug-likeness (QED) is 0.255. The third kappa shape index (κ3) is 4.61. The highest BCUT2D eigenvalue weighted by Crippen LogP contribution is 2.49. The molecule has 11 heteroatoms. The fourth-order valence-corrected chi connectivity index (χ4v) is 5.60. The summed E-state index contributed by atoms with van der Waals surface area (Å²) in [5, 5.41) is 3.02. The molecule has 1 aliphatic rings. The van der Waals surface area contributed by atoms with E-state index in [1.807, 2.05) is 0 Å². The van der Waals surface area contributed by atoms with Crippen molar-refractivity contribution in [1.29, 1.82) is 0 Å². The number of sulfonamides is 1. The van der Waals surface area contributed by atoms with Gasteiger partial charge < -0.3 is 9.73 Å². The lowest BCUT2D eigenvalue weighted by Gasteiger charge is -2.25. The Morgan fingerprint density at radius 3 is 2.22 bits per heavy atom. The van der Waals surface area contributed by atoms with E-state index in [-0.39, 0.29) is 34.2 Å². The Morgan fingerprint density at radius 2 is 1.68 bits per heavy atom. The van der Waals surface area contributed by atoms with Crippen LogP contribution in [-0.4, -0.2) is 27.6 Å². The minimum absolute atomic E-state index is 0.0181.